The Morgan fingerprint density at radius 1 is 1.39 bits per heavy atom. The van der Waals surface area contributed by atoms with E-state index < -0.39 is 0 Å². The van der Waals surface area contributed by atoms with E-state index in [0.29, 0.717) is 6.54 Å². The van der Waals surface area contributed by atoms with E-state index in [4.69, 9.17) is 4.74 Å². The van der Waals surface area contributed by atoms with Crippen molar-refractivity contribution >= 4 is 0 Å². The van der Waals surface area contributed by atoms with E-state index in [1.807, 2.05) is 0 Å². The Morgan fingerprint density at radius 3 is 2.83 bits per heavy atom. The summed E-state index contributed by atoms with van der Waals surface area (Å²) in [5.74, 6) is 0. The van der Waals surface area contributed by atoms with Crippen LogP contribution in [-0.4, -0.2) is 26.1 Å². The fourth-order valence-corrected chi connectivity index (χ4v) is 3.33. The lowest BCUT2D eigenvalue weighted by molar-refractivity contribution is -0.0691. The summed E-state index contributed by atoms with van der Waals surface area (Å²) in [7, 11) is 1.73. The van der Waals surface area contributed by atoms with Crippen molar-refractivity contribution in [3.8, 4) is 0 Å². The molecule has 1 saturated heterocycles. The van der Waals surface area contributed by atoms with Gasteiger partial charge in [0, 0.05) is 7.05 Å². The molecule has 1 atom stereocenters. The molecule has 1 unspecified atom stereocenters. The molecule has 0 aromatic carbocycles. The summed E-state index contributed by atoms with van der Waals surface area (Å²) in [4.78, 5) is 11.7. The lowest BCUT2D eigenvalue weighted by Gasteiger charge is -2.33. The van der Waals surface area contributed by atoms with Crippen LogP contribution in [0.2, 0.25) is 0 Å². The fraction of sp³-hybridized carbons (Fsp3) is 0.846. The molecule has 0 amide bonds. The highest BCUT2D eigenvalue weighted by Crippen LogP contribution is 2.42. The Kier molecular flexibility index (Phi) is 3.01. The van der Waals surface area contributed by atoms with Gasteiger partial charge in [-0.05, 0) is 25.7 Å². The number of hydrogen-bond donors (Lipinski definition) is 0. The molecular weight excluding hydrogens is 230 g/mol. The van der Waals surface area contributed by atoms with Gasteiger partial charge in [-0.25, -0.2) is 9.48 Å². The largest absolute Gasteiger partial charge is 0.370 e. The minimum Gasteiger partial charge on any atom is -0.370 e. The minimum atomic E-state index is -0.0526. The van der Waals surface area contributed by atoms with Crippen LogP contribution in [0.25, 0.3) is 0 Å². The highest BCUT2D eigenvalue weighted by atomic mass is 16.5. The molecule has 5 heteroatoms. The quantitative estimate of drug-likeness (QED) is 0.799. The summed E-state index contributed by atoms with van der Waals surface area (Å²) in [6.45, 7) is 0.599. The lowest BCUT2D eigenvalue weighted by atomic mass is 9.83. The van der Waals surface area contributed by atoms with Crippen LogP contribution in [0.5, 0.6) is 0 Å². The highest BCUT2D eigenvalue weighted by Gasteiger charge is 2.40. The molecule has 0 N–H and O–H groups in total. The molecule has 2 heterocycles. The molecule has 1 aliphatic carbocycles. The zero-order chi connectivity index (χ0) is 12.6. The molecule has 1 spiro atoms. The van der Waals surface area contributed by atoms with E-state index >= 15 is 0 Å². The normalized spacial score (nSPS) is 26.8. The van der Waals surface area contributed by atoms with Gasteiger partial charge in [0.05, 0.1) is 18.2 Å². The van der Waals surface area contributed by atoms with Gasteiger partial charge in [0.1, 0.15) is 6.33 Å². The third-order valence-electron chi connectivity index (χ3n) is 4.37. The molecule has 2 aliphatic rings. The molecule has 1 aromatic heterocycles. The van der Waals surface area contributed by atoms with Crippen molar-refractivity contribution < 1.29 is 4.74 Å². The standard InChI is InChI=1S/C13H21N3O2/c1-15-10-14-16(12(15)17)9-11-5-8-13(18-11)6-3-2-4-7-13/h10-11H,2-9H2,1H3. The van der Waals surface area contributed by atoms with E-state index in [-0.39, 0.29) is 17.4 Å². The van der Waals surface area contributed by atoms with Crippen LogP contribution in [-0.2, 0) is 18.3 Å². The van der Waals surface area contributed by atoms with Crippen LogP contribution in [0.3, 0.4) is 0 Å². The molecule has 1 saturated carbocycles. The topological polar surface area (TPSA) is 49.0 Å². The van der Waals surface area contributed by atoms with Gasteiger partial charge in [0.2, 0.25) is 0 Å². The zero-order valence-corrected chi connectivity index (χ0v) is 11.0. The average Bonchev–Trinajstić information content (AvgIpc) is 2.90. The second-order valence-electron chi connectivity index (χ2n) is 5.73. The van der Waals surface area contributed by atoms with Gasteiger partial charge in [-0.3, -0.25) is 4.57 Å². The van der Waals surface area contributed by atoms with Gasteiger partial charge in [-0.15, -0.1) is 0 Å². The van der Waals surface area contributed by atoms with Crippen molar-refractivity contribution in [2.45, 2.75) is 63.2 Å². The summed E-state index contributed by atoms with van der Waals surface area (Å²) in [6.07, 6.45) is 10.2. The maximum atomic E-state index is 11.7. The number of hydrogen-bond acceptors (Lipinski definition) is 3. The third-order valence-corrected chi connectivity index (χ3v) is 4.37. The molecule has 0 bridgehead atoms. The van der Waals surface area contributed by atoms with Crippen LogP contribution >= 0.6 is 0 Å². The molecule has 5 nitrogen and oxygen atoms in total. The molecule has 100 valence electrons. The molecule has 18 heavy (non-hydrogen) atoms. The Balaban J connectivity index is 1.65. The second kappa shape index (κ2) is 4.53. The first kappa shape index (κ1) is 12.0. The molecule has 1 aliphatic heterocycles. The van der Waals surface area contributed by atoms with Gasteiger partial charge in [0.15, 0.2) is 0 Å². The number of aryl methyl sites for hydroxylation is 1. The van der Waals surface area contributed by atoms with Gasteiger partial charge in [0.25, 0.3) is 0 Å². The van der Waals surface area contributed by atoms with E-state index in [2.05, 4.69) is 5.10 Å². The summed E-state index contributed by atoms with van der Waals surface area (Å²) < 4.78 is 9.27. The highest BCUT2D eigenvalue weighted by molar-refractivity contribution is 4.91. The van der Waals surface area contributed by atoms with E-state index in [9.17, 15) is 4.79 Å². The van der Waals surface area contributed by atoms with Crippen molar-refractivity contribution in [3.05, 3.63) is 16.8 Å². The fourth-order valence-electron chi connectivity index (χ4n) is 3.33. The first-order chi connectivity index (χ1) is 8.69. The molecular formula is C13H21N3O2. The predicted molar refractivity (Wildman–Crippen MR) is 67.4 cm³/mol. The van der Waals surface area contributed by atoms with Gasteiger partial charge in [-0.1, -0.05) is 19.3 Å². The maximum Gasteiger partial charge on any atom is 0.345 e. The van der Waals surface area contributed by atoms with Crippen molar-refractivity contribution in [1.82, 2.24) is 14.3 Å². The first-order valence-electron chi connectivity index (χ1n) is 6.95. The van der Waals surface area contributed by atoms with Crippen molar-refractivity contribution in [3.63, 3.8) is 0 Å². The molecule has 2 fully saturated rings. The Labute approximate surface area is 107 Å². The van der Waals surface area contributed by atoms with Gasteiger partial charge >= 0.3 is 5.69 Å². The predicted octanol–water partition coefficient (Wildman–Crippen LogP) is 1.46. The van der Waals surface area contributed by atoms with Gasteiger partial charge in [-0.2, -0.15) is 5.10 Å². The molecule has 0 radical (unpaired) electrons. The number of nitrogens with zero attached hydrogens (tertiary/aromatic N) is 3. The Bertz CT molecular complexity index is 471. The first-order valence-corrected chi connectivity index (χ1v) is 6.95. The van der Waals surface area contributed by atoms with E-state index in [1.54, 1.807) is 13.4 Å². The SMILES string of the molecule is Cn1cnn(CC2CCC3(CCCCC3)O2)c1=O. The van der Waals surface area contributed by atoms with E-state index in [1.165, 1.54) is 41.4 Å². The Morgan fingerprint density at radius 2 is 2.17 bits per heavy atom. The average molecular weight is 251 g/mol. The van der Waals surface area contributed by atoms with E-state index in [0.717, 1.165) is 12.8 Å². The Hall–Kier alpha value is -1.10. The number of ether oxygens (including phenoxy) is 1. The second-order valence-corrected chi connectivity index (χ2v) is 5.73. The number of aromatic nitrogens is 3. The molecule has 1 aromatic rings. The van der Waals surface area contributed by atoms with Gasteiger partial charge < -0.3 is 4.74 Å². The summed E-state index contributed by atoms with van der Waals surface area (Å²) in [6, 6.07) is 0. The lowest BCUT2D eigenvalue weighted by Crippen LogP contribution is -2.34. The number of rotatable bonds is 2. The van der Waals surface area contributed by atoms with Crippen LogP contribution in [0.1, 0.15) is 44.9 Å². The summed E-state index contributed by atoms with van der Waals surface area (Å²) >= 11 is 0. The monoisotopic (exact) mass is 251 g/mol. The van der Waals surface area contributed by atoms with Crippen molar-refractivity contribution in [2.24, 2.45) is 7.05 Å². The summed E-state index contributed by atoms with van der Waals surface area (Å²) in [5.41, 5.74) is 0.0737. The minimum absolute atomic E-state index is 0.0526. The van der Waals surface area contributed by atoms with Crippen LogP contribution in [0.15, 0.2) is 11.1 Å². The maximum absolute atomic E-state index is 11.7. The van der Waals surface area contributed by atoms with Crippen LogP contribution < -0.4 is 5.69 Å². The van der Waals surface area contributed by atoms with Crippen molar-refractivity contribution in [1.29, 1.82) is 0 Å². The molecule has 3 rings (SSSR count). The van der Waals surface area contributed by atoms with Crippen LogP contribution in [0.4, 0.5) is 0 Å². The summed E-state index contributed by atoms with van der Waals surface area (Å²) in [5, 5.41) is 4.10. The van der Waals surface area contributed by atoms with Crippen molar-refractivity contribution in [2.75, 3.05) is 0 Å². The zero-order valence-electron chi connectivity index (χ0n) is 11.0. The smallest absolute Gasteiger partial charge is 0.345 e. The van der Waals surface area contributed by atoms with Crippen LogP contribution in [0, 0.1) is 0 Å². The third kappa shape index (κ3) is 2.11.